The molecule has 3 aromatic rings. The molecule has 0 aliphatic carbocycles. The van der Waals surface area contributed by atoms with Crippen molar-refractivity contribution in [2.24, 2.45) is 0 Å². The van der Waals surface area contributed by atoms with Gasteiger partial charge in [0.05, 0.1) is 18.8 Å². The second-order valence-corrected chi connectivity index (χ2v) is 7.40. The highest BCUT2D eigenvalue weighted by atomic mass is 16.5. The second-order valence-electron chi connectivity index (χ2n) is 7.40. The summed E-state index contributed by atoms with van der Waals surface area (Å²) in [6.45, 7) is 6.89. The van der Waals surface area contributed by atoms with Gasteiger partial charge in [-0.3, -0.25) is 4.79 Å². The van der Waals surface area contributed by atoms with E-state index in [1.165, 1.54) is 5.56 Å². The van der Waals surface area contributed by atoms with E-state index in [0.717, 1.165) is 52.0 Å². The van der Waals surface area contributed by atoms with E-state index >= 15 is 0 Å². The van der Waals surface area contributed by atoms with Crippen LogP contribution in [0.3, 0.4) is 0 Å². The third-order valence-electron chi connectivity index (χ3n) is 5.74. The number of carbonyl (C=O) groups is 1. The normalized spacial score (nSPS) is 17.1. The van der Waals surface area contributed by atoms with Gasteiger partial charge < -0.3 is 14.6 Å². The van der Waals surface area contributed by atoms with Crippen molar-refractivity contribution in [3.63, 3.8) is 0 Å². The molecule has 4 heteroatoms. The molecule has 2 aromatic carbocycles. The molecule has 0 bridgehead atoms. The summed E-state index contributed by atoms with van der Waals surface area (Å²) in [6, 6.07) is 16.4. The van der Waals surface area contributed by atoms with Gasteiger partial charge in [-0.2, -0.15) is 0 Å². The fourth-order valence-corrected chi connectivity index (χ4v) is 4.24. The van der Waals surface area contributed by atoms with Crippen molar-refractivity contribution in [3.05, 3.63) is 65.2 Å². The van der Waals surface area contributed by atoms with Crippen LogP contribution in [-0.2, 0) is 4.79 Å². The Balaban J connectivity index is 1.99. The lowest BCUT2D eigenvalue weighted by Crippen LogP contribution is -2.31. The first kappa shape index (κ1) is 18.4. The summed E-state index contributed by atoms with van der Waals surface area (Å²) in [5, 5.41) is 1.16. The highest BCUT2D eigenvalue weighted by Crippen LogP contribution is 2.45. The zero-order valence-corrected chi connectivity index (χ0v) is 16.9. The lowest BCUT2D eigenvalue weighted by molar-refractivity contribution is -0.127. The van der Waals surface area contributed by atoms with E-state index in [9.17, 15) is 4.79 Å². The monoisotopic (exact) mass is 374 g/mol. The molecule has 0 saturated carbocycles. The quantitative estimate of drug-likeness (QED) is 0.643. The fourth-order valence-electron chi connectivity index (χ4n) is 4.24. The Bertz CT molecular complexity index is 1080. The van der Waals surface area contributed by atoms with Crippen LogP contribution >= 0.6 is 0 Å². The van der Waals surface area contributed by atoms with Gasteiger partial charge in [-0.25, -0.2) is 0 Å². The molecule has 0 saturated heterocycles. The molecule has 4 nitrogen and oxygen atoms in total. The van der Waals surface area contributed by atoms with Crippen molar-refractivity contribution < 1.29 is 9.53 Å². The van der Waals surface area contributed by atoms with Gasteiger partial charge >= 0.3 is 0 Å². The summed E-state index contributed by atoms with van der Waals surface area (Å²) in [6.07, 6.45) is 0.930. The molecule has 144 valence electrons. The van der Waals surface area contributed by atoms with Crippen molar-refractivity contribution in [1.29, 1.82) is 0 Å². The number of carbonyl (C=O) groups excluding carboxylic acids is 1. The molecule has 1 N–H and O–H groups in total. The van der Waals surface area contributed by atoms with Gasteiger partial charge in [0.2, 0.25) is 5.91 Å². The van der Waals surface area contributed by atoms with Crippen molar-refractivity contribution in [2.75, 3.05) is 13.7 Å². The van der Waals surface area contributed by atoms with Gasteiger partial charge in [-0.15, -0.1) is 0 Å². The molecular weight excluding hydrogens is 348 g/mol. The van der Waals surface area contributed by atoms with Crippen LogP contribution in [0.4, 0.5) is 0 Å². The average molecular weight is 374 g/mol. The number of methoxy groups -OCH3 is 1. The maximum absolute atomic E-state index is 12.9. The van der Waals surface area contributed by atoms with Crippen LogP contribution in [0.1, 0.15) is 38.8 Å². The molecule has 0 spiro atoms. The molecule has 1 aromatic heterocycles. The van der Waals surface area contributed by atoms with Gasteiger partial charge in [0.15, 0.2) is 0 Å². The molecule has 0 fully saturated rings. The van der Waals surface area contributed by atoms with E-state index in [1.54, 1.807) is 7.11 Å². The summed E-state index contributed by atoms with van der Waals surface area (Å²) in [7, 11) is 1.68. The molecule has 28 heavy (non-hydrogen) atoms. The molecular formula is C24H26N2O2. The molecule has 0 radical (unpaired) electrons. The predicted octanol–water partition coefficient (Wildman–Crippen LogP) is 5.47. The Morgan fingerprint density at radius 1 is 1.11 bits per heavy atom. The number of rotatable bonds is 5. The average Bonchev–Trinajstić information content (AvgIpc) is 3.20. The number of aromatic amines is 1. The zero-order chi connectivity index (χ0) is 19.8. The van der Waals surface area contributed by atoms with Crippen LogP contribution in [0.25, 0.3) is 22.2 Å². The number of benzene rings is 2. The third kappa shape index (κ3) is 2.80. The van der Waals surface area contributed by atoms with Crippen molar-refractivity contribution in [3.8, 4) is 17.0 Å². The van der Waals surface area contributed by atoms with E-state index in [0.29, 0.717) is 0 Å². The molecule has 1 atom stereocenters. The smallest absolute Gasteiger partial charge is 0.250 e. The lowest BCUT2D eigenvalue weighted by atomic mass is 9.93. The molecule has 1 aliphatic heterocycles. The van der Waals surface area contributed by atoms with Crippen LogP contribution < -0.4 is 4.74 Å². The van der Waals surface area contributed by atoms with E-state index in [1.807, 2.05) is 36.1 Å². The molecule has 1 aliphatic rings. The van der Waals surface area contributed by atoms with Crippen LogP contribution in [0.5, 0.6) is 5.75 Å². The largest absolute Gasteiger partial charge is 0.497 e. The first-order valence-corrected chi connectivity index (χ1v) is 9.80. The Hall–Kier alpha value is -3.01. The SMILES string of the molecule is CCCN1C(=O)C(C)=C(C)[C@@H]1c1c(-c2cccc(OC)c2)[nH]c2ccccc12. The molecule has 2 heterocycles. The summed E-state index contributed by atoms with van der Waals surface area (Å²) in [5.41, 5.74) is 6.35. The summed E-state index contributed by atoms with van der Waals surface area (Å²) in [4.78, 5) is 18.6. The minimum Gasteiger partial charge on any atom is -0.497 e. The third-order valence-corrected chi connectivity index (χ3v) is 5.74. The number of ether oxygens (including phenoxy) is 1. The number of amides is 1. The van der Waals surface area contributed by atoms with Gasteiger partial charge in [0, 0.05) is 34.1 Å². The maximum atomic E-state index is 12.9. The second kappa shape index (κ2) is 7.19. The van der Waals surface area contributed by atoms with E-state index in [4.69, 9.17) is 4.74 Å². The highest BCUT2D eigenvalue weighted by molar-refractivity contribution is 6.00. The Labute approximate surface area is 165 Å². The molecule has 4 rings (SSSR count). The maximum Gasteiger partial charge on any atom is 0.250 e. The minimum absolute atomic E-state index is 0.0511. The molecule has 1 amide bonds. The van der Waals surface area contributed by atoms with Crippen LogP contribution in [0.15, 0.2) is 59.7 Å². The summed E-state index contributed by atoms with van der Waals surface area (Å²) >= 11 is 0. The summed E-state index contributed by atoms with van der Waals surface area (Å²) in [5.74, 6) is 0.963. The van der Waals surface area contributed by atoms with E-state index in [2.05, 4.69) is 43.1 Å². The van der Waals surface area contributed by atoms with Gasteiger partial charge in [-0.1, -0.05) is 37.3 Å². The Morgan fingerprint density at radius 3 is 2.64 bits per heavy atom. The number of H-pyrrole nitrogens is 1. The van der Waals surface area contributed by atoms with Gasteiger partial charge in [0.25, 0.3) is 0 Å². The van der Waals surface area contributed by atoms with Crippen LogP contribution in [0.2, 0.25) is 0 Å². The summed E-state index contributed by atoms with van der Waals surface area (Å²) < 4.78 is 5.44. The number of para-hydroxylation sites is 1. The Kier molecular flexibility index (Phi) is 4.71. The van der Waals surface area contributed by atoms with Crippen molar-refractivity contribution in [2.45, 2.75) is 33.2 Å². The topological polar surface area (TPSA) is 45.3 Å². The first-order valence-electron chi connectivity index (χ1n) is 9.80. The van der Waals surface area contributed by atoms with Crippen molar-refractivity contribution in [1.82, 2.24) is 9.88 Å². The fraction of sp³-hybridized carbons (Fsp3) is 0.292. The minimum atomic E-state index is -0.0511. The van der Waals surface area contributed by atoms with E-state index < -0.39 is 0 Å². The Morgan fingerprint density at radius 2 is 1.89 bits per heavy atom. The number of fused-ring (bicyclic) bond motifs is 1. The van der Waals surface area contributed by atoms with Crippen molar-refractivity contribution >= 4 is 16.8 Å². The van der Waals surface area contributed by atoms with Gasteiger partial charge in [-0.05, 0) is 44.0 Å². The number of nitrogens with one attached hydrogen (secondary N) is 1. The van der Waals surface area contributed by atoms with Gasteiger partial charge in [0.1, 0.15) is 5.75 Å². The number of hydrogen-bond acceptors (Lipinski definition) is 2. The molecule has 0 unspecified atom stereocenters. The van der Waals surface area contributed by atoms with Crippen LogP contribution in [0, 0.1) is 0 Å². The number of nitrogens with zero attached hydrogens (tertiary/aromatic N) is 1. The predicted molar refractivity (Wildman–Crippen MR) is 113 cm³/mol. The highest BCUT2D eigenvalue weighted by Gasteiger charge is 2.38. The standard InChI is InChI=1S/C24H26N2O2/c1-5-13-26-23(15(2)16(3)24(26)27)21-19-11-6-7-12-20(19)25-22(21)17-9-8-10-18(14-17)28-4/h6-12,14,23,25H,5,13H2,1-4H3/t23-/m1/s1. The number of aromatic nitrogens is 1. The zero-order valence-electron chi connectivity index (χ0n) is 16.9. The first-order chi connectivity index (χ1) is 13.6. The van der Waals surface area contributed by atoms with E-state index in [-0.39, 0.29) is 11.9 Å². The lowest BCUT2D eigenvalue weighted by Gasteiger charge is -2.27. The number of hydrogen-bond donors (Lipinski definition) is 1. The van der Waals surface area contributed by atoms with Crippen LogP contribution in [-0.4, -0.2) is 29.4 Å².